The SMILES string of the molecule is c1ccc(-c2cc(-c3cccc4c3sc3ccccc34)nc(-n3c4ccccc4c4cc(-n5c6ccccc6c6ccccc65)ccc43)n2)cc1. The molecule has 11 aromatic rings. The minimum absolute atomic E-state index is 0.653. The lowest BCUT2D eigenvalue weighted by atomic mass is 10.0. The number of benzene rings is 7. The molecule has 0 aliphatic rings. The number of para-hydroxylation sites is 3. The van der Waals surface area contributed by atoms with Crippen molar-refractivity contribution in [3.8, 4) is 34.2 Å². The molecule has 4 nitrogen and oxygen atoms in total. The molecule has 5 heteroatoms. The Labute approximate surface area is 297 Å². The van der Waals surface area contributed by atoms with Gasteiger partial charge in [-0.05, 0) is 48.5 Å². The summed E-state index contributed by atoms with van der Waals surface area (Å²) < 4.78 is 7.13. The molecule has 0 aliphatic carbocycles. The van der Waals surface area contributed by atoms with E-state index in [0.717, 1.165) is 50.0 Å². The highest BCUT2D eigenvalue weighted by atomic mass is 32.1. The first kappa shape index (κ1) is 28.3. The molecule has 7 aromatic carbocycles. The number of thiophene rings is 1. The molecule has 4 aromatic heterocycles. The Balaban J connectivity index is 1.18. The van der Waals surface area contributed by atoms with E-state index in [9.17, 15) is 0 Å². The lowest BCUT2D eigenvalue weighted by molar-refractivity contribution is 0.996. The molecule has 51 heavy (non-hydrogen) atoms. The van der Waals surface area contributed by atoms with Crippen LogP contribution in [0.2, 0.25) is 0 Å². The van der Waals surface area contributed by atoms with Gasteiger partial charge in [-0.3, -0.25) is 4.57 Å². The number of aromatic nitrogens is 4. The Bertz CT molecular complexity index is 3090. The molecule has 0 unspecified atom stereocenters. The second-order valence-electron chi connectivity index (χ2n) is 13.0. The molecule has 0 bridgehead atoms. The predicted octanol–water partition coefficient (Wildman–Crippen LogP) is 12.4. The molecule has 0 aliphatic heterocycles. The molecule has 0 fully saturated rings. The fraction of sp³-hybridized carbons (Fsp3) is 0. The lowest BCUT2D eigenvalue weighted by Crippen LogP contribution is -2.04. The Morgan fingerprint density at radius 2 is 0.961 bits per heavy atom. The van der Waals surface area contributed by atoms with Crippen LogP contribution in [0.1, 0.15) is 0 Å². The minimum atomic E-state index is 0.653. The van der Waals surface area contributed by atoms with E-state index in [2.05, 4.69) is 173 Å². The second kappa shape index (κ2) is 11.0. The van der Waals surface area contributed by atoms with Crippen molar-refractivity contribution in [1.29, 1.82) is 0 Å². The maximum absolute atomic E-state index is 5.40. The van der Waals surface area contributed by atoms with Crippen LogP contribution in [-0.2, 0) is 0 Å². The van der Waals surface area contributed by atoms with Crippen molar-refractivity contribution >= 4 is 75.1 Å². The normalized spacial score (nSPS) is 11.9. The second-order valence-corrected chi connectivity index (χ2v) is 14.1. The predicted molar refractivity (Wildman–Crippen MR) is 214 cm³/mol. The molecule has 0 saturated heterocycles. The van der Waals surface area contributed by atoms with Gasteiger partial charge in [0.05, 0.1) is 33.5 Å². The van der Waals surface area contributed by atoms with Gasteiger partial charge in [0, 0.05) is 58.5 Å². The van der Waals surface area contributed by atoms with E-state index in [-0.39, 0.29) is 0 Å². The Morgan fingerprint density at radius 3 is 1.71 bits per heavy atom. The van der Waals surface area contributed by atoms with Crippen LogP contribution in [0.25, 0.3) is 97.9 Å². The fourth-order valence-corrected chi connectivity index (χ4v) is 9.12. The summed E-state index contributed by atoms with van der Waals surface area (Å²) in [7, 11) is 0. The van der Waals surface area contributed by atoms with Crippen LogP contribution in [-0.4, -0.2) is 19.1 Å². The number of fused-ring (bicyclic) bond motifs is 9. The molecule has 0 atom stereocenters. The summed E-state index contributed by atoms with van der Waals surface area (Å²) in [6, 6.07) is 60.5. The van der Waals surface area contributed by atoms with Crippen LogP contribution >= 0.6 is 11.3 Å². The van der Waals surface area contributed by atoms with Crippen molar-refractivity contribution < 1.29 is 0 Å². The third kappa shape index (κ3) is 4.25. The van der Waals surface area contributed by atoms with Crippen molar-refractivity contribution in [2.45, 2.75) is 0 Å². The summed E-state index contributed by atoms with van der Waals surface area (Å²) in [4.78, 5) is 10.7. The van der Waals surface area contributed by atoms with Crippen LogP contribution in [0, 0.1) is 0 Å². The molecule has 11 rings (SSSR count). The molecule has 238 valence electrons. The van der Waals surface area contributed by atoms with Crippen LogP contribution in [0.4, 0.5) is 0 Å². The molecule has 0 radical (unpaired) electrons. The van der Waals surface area contributed by atoms with Gasteiger partial charge in [0.25, 0.3) is 0 Å². The van der Waals surface area contributed by atoms with Gasteiger partial charge in [-0.25, -0.2) is 9.97 Å². The van der Waals surface area contributed by atoms with Gasteiger partial charge in [0.15, 0.2) is 0 Å². The highest BCUT2D eigenvalue weighted by Crippen LogP contribution is 2.41. The zero-order valence-corrected chi connectivity index (χ0v) is 28.2. The van der Waals surface area contributed by atoms with Crippen LogP contribution < -0.4 is 0 Å². The summed E-state index contributed by atoms with van der Waals surface area (Å²) in [5.41, 5.74) is 9.62. The van der Waals surface area contributed by atoms with Crippen LogP contribution in [0.5, 0.6) is 0 Å². The highest BCUT2D eigenvalue weighted by Gasteiger charge is 2.20. The minimum Gasteiger partial charge on any atom is -0.309 e. The summed E-state index contributed by atoms with van der Waals surface area (Å²) in [6.07, 6.45) is 0. The van der Waals surface area contributed by atoms with Gasteiger partial charge in [0.1, 0.15) is 0 Å². The van der Waals surface area contributed by atoms with Crippen molar-refractivity contribution in [3.05, 3.63) is 170 Å². The smallest absolute Gasteiger partial charge is 0.235 e. The fourth-order valence-electron chi connectivity index (χ4n) is 7.89. The zero-order valence-electron chi connectivity index (χ0n) is 27.4. The van der Waals surface area contributed by atoms with E-state index in [1.807, 2.05) is 17.4 Å². The van der Waals surface area contributed by atoms with E-state index in [0.29, 0.717) is 5.95 Å². The number of nitrogens with zero attached hydrogens (tertiary/aromatic N) is 4. The molecule has 0 N–H and O–H groups in total. The average molecular weight is 669 g/mol. The Morgan fingerprint density at radius 1 is 0.392 bits per heavy atom. The number of hydrogen-bond acceptors (Lipinski definition) is 3. The van der Waals surface area contributed by atoms with E-state index in [1.54, 1.807) is 0 Å². The third-order valence-electron chi connectivity index (χ3n) is 10.2. The monoisotopic (exact) mass is 668 g/mol. The molecule has 0 amide bonds. The summed E-state index contributed by atoms with van der Waals surface area (Å²) in [5, 5.41) is 7.36. The van der Waals surface area contributed by atoms with E-state index < -0.39 is 0 Å². The highest BCUT2D eigenvalue weighted by molar-refractivity contribution is 7.26. The quantitative estimate of drug-likeness (QED) is 0.187. The molecule has 0 saturated carbocycles. The maximum Gasteiger partial charge on any atom is 0.235 e. The van der Waals surface area contributed by atoms with Gasteiger partial charge < -0.3 is 4.57 Å². The lowest BCUT2D eigenvalue weighted by Gasteiger charge is -2.13. The van der Waals surface area contributed by atoms with E-state index in [4.69, 9.17) is 9.97 Å². The summed E-state index contributed by atoms with van der Waals surface area (Å²) >= 11 is 1.83. The van der Waals surface area contributed by atoms with E-state index >= 15 is 0 Å². The standard InChI is InChI=1S/C46H28N4S/c1-2-13-29(14-3-1)38-28-39(36-20-12-19-35-34-18-7-11-24-44(34)51-45(35)36)48-46(47-38)50-42-23-10-6-17-33(42)37-27-30(25-26-43(37)50)49-40-21-8-4-15-31(40)32-16-5-9-22-41(32)49/h1-28H. The largest absolute Gasteiger partial charge is 0.309 e. The molecule has 4 heterocycles. The third-order valence-corrected chi connectivity index (χ3v) is 11.4. The molecular weight excluding hydrogens is 641 g/mol. The van der Waals surface area contributed by atoms with Gasteiger partial charge in [-0.15, -0.1) is 11.3 Å². The first-order valence-electron chi connectivity index (χ1n) is 17.2. The van der Waals surface area contributed by atoms with Crippen molar-refractivity contribution in [2.24, 2.45) is 0 Å². The zero-order chi connectivity index (χ0) is 33.5. The van der Waals surface area contributed by atoms with Crippen LogP contribution in [0.15, 0.2) is 170 Å². The number of rotatable bonds is 4. The first-order valence-corrected chi connectivity index (χ1v) is 18.0. The van der Waals surface area contributed by atoms with Gasteiger partial charge in [-0.2, -0.15) is 0 Å². The molecule has 0 spiro atoms. The number of hydrogen-bond donors (Lipinski definition) is 0. The van der Waals surface area contributed by atoms with Gasteiger partial charge in [-0.1, -0.05) is 121 Å². The van der Waals surface area contributed by atoms with Crippen LogP contribution in [0.3, 0.4) is 0 Å². The van der Waals surface area contributed by atoms with Crippen molar-refractivity contribution in [2.75, 3.05) is 0 Å². The van der Waals surface area contributed by atoms with E-state index in [1.165, 1.54) is 42.0 Å². The maximum atomic E-state index is 5.40. The van der Waals surface area contributed by atoms with Gasteiger partial charge in [0.2, 0.25) is 5.95 Å². The first-order chi connectivity index (χ1) is 25.3. The Kier molecular flexibility index (Phi) is 6.09. The molecular formula is C46H28N4S. The summed E-state index contributed by atoms with van der Waals surface area (Å²) in [6.45, 7) is 0. The van der Waals surface area contributed by atoms with Crippen molar-refractivity contribution in [1.82, 2.24) is 19.1 Å². The summed E-state index contributed by atoms with van der Waals surface area (Å²) in [5.74, 6) is 0.653. The average Bonchev–Trinajstić information content (AvgIpc) is 3.86. The topological polar surface area (TPSA) is 35.6 Å². The van der Waals surface area contributed by atoms with Crippen molar-refractivity contribution in [3.63, 3.8) is 0 Å². The van der Waals surface area contributed by atoms with Gasteiger partial charge >= 0.3 is 0 Å². The Hall–Kier alpha value is -6.56.